The van der Waals surface area contributed by atoms with Gasteiger partial charge in [-0.3, -0.25) is 14.2 Å². The van der Waals surface area contributed by atoms with Gasteiger partial charge in [-0.05, 0) is 81.4 Å². The van der Waals surface area contributed by atoms with Crippen molar-refractivity contribution in [1.29, 1.82) is 0 Å². The van der Waals surface area contributed by atoms with Crippen molar-refractivity contribution in [3.63, 3.8) is 0 Å². The summed E-state index contributed by atoms with van der Waals surface area (Å²) in [4.78, 5) is 40.4. The van der Waals surface area contributed by atoms with Gasteiger partial charge in [-0.2, -0.15) is 0 Å². The van der Waals surface area contributed by atoms with Crippen molar-refractivity contribution in [3.8, 4) is 0 Å². The van der Waals surface area contributed by atoms with Crippen molar-refractivity contribution in [3.05, 3.63) is 34.9 Å². The number of carbonyl (C=O) groups is 3. The van der Waals surface area contributed by atoms with E-state index < -0.39 is 37.5 Å². The molecular weight excluding hydrogens is 585 g/mol. The molecule has 13 heteroatoms. The van der Waals surface area contributed by atoms with Crippen LogP contribution in [0.25, 0.3) is 0 Å². The molecule has 0 radical (unpaired) electrons. The minimum absolute atomic E-state index is 0.0124. The lowest BCUT2D eigenvalue weighted by atomic mass is 9.84. The van der Waals surface area contributed by atoms with Crippen LogP contribution in [0.4, 0.5) is 4.79 Å². The van der Waals surface area contributed by atoms with Crippen LogP contribution >= 0.6 is 19.2 Å². The third-order valence-electron chi connectivity index (χ3n) is 8.09. The number of alkyl carbamates (subject to hydrolysis) is 1. The molecule has 3 rings (SSSR count). The maximum absolute atomic E-state index is 13.8. The molecule has 2 aliphatic rings. The van der Waals surface area contributed by atoms with Crippen molar-refractivity contribution in [2.75, 3.05) is 27.3 Å². The first-order valence-electron chi connectivity index (χ1n) is 14.7. The molecule has 236 valence electrons. The number of rotatable bonds is 16. The largest absolute Gasteiger partial charge is 0.445 e. The Balaban J connectivity index is 1.77. The fourth-order valence-corrected chi connectivity index (χ4v) is 7.99. The normalized spacial score (nSPS) is 21.8. The lowest BCUT2D eigenvalue weighted by molar-refractivity contribution is -0.130. The number of ether oxygens (including phenoxy) is 1. The van der Waals surface area contributed by atoms with Crippen LogP contribution in [0, 0.1) is 17.8 Å². The second kappa shape index (κ2) is 16.1. The molecule has 5 unspecified atom stereocenters. The van der Waals surface area contributed by atoms with Crippen molar-refractivity contribution in [2.24, 2.45) is 17.8 Å². The lowest BCUT2D eigenvalue weighted by Gasteiger charge is -2.32. The predicted octanol–water partition coefficient (Wildman–Crippen LogP) is 4.70. The molecule has 0 spiro atoms. The Morgan fingerprint density at radius 2 is 1.83 bits per heavy atom. The summed E-state index contributed by atoms with van der Waals surface area (Å²) in [7, 11) is -0.860. The highest BCUT2D eigenvalue weighted by molar-refractivity contribution is 7.54. The Kier molecular flexibility index (Phi) is 13.1. The molecule has 6 atom stereocenters. The molecule has 0 aliphatic heterocycles. The molecule has 1 aromatic rings. The van der Waals surface area contributed by atoms with Crippen LogP contribution in [0.5, 0.6) is 0 Å². The van der Waals surface area contributed by atoms with E-state index in [-0.39, 0.29) is 44.5 Å². The highest BCUT2D eigenvalue weighted by atomic mass is 35.5. The number of carbonyl (C=O) groups excluding carboxylic acids is 3. The van der Waals surface area contributed by atoms with E-state index in [1.807, 2.05) is 0 Å². The van der Waals surface area contributed by atoms with Crippen LogP contribution in [0.1, 0.15) is 64.4 Å². The van der Waals surface area contributed by atoms with Gasteiger partial charge in [0, 0.05) is 25.5 Å². The van der Waals surface area contributed by atoms with Gasteiger partial charge in [-0.25, -0.2) is 4.79 Å². The zero-order chi connectivity index (χ0) is 30.9. The third kappa shape index (κ3) is 9.67. The zero-order valence-corrected chi connectivity index (χ0v) is 26.6. The minimum Gasteiger partial charge on any atom is -0.445 e. The molecule has 2 fully saturated rings. The Hall–Kier alpha value is -2.17. The first kappa shape index (κ1) is 34.3. The predicted molar refractivity (Wildman–Crippen MR) is 159 cm³/mol. The second-order valence-electron chi connectivity index (χ2n) is 11.3. The molecule has 3 amide bonds. The Morgan fingerprint density at radius 3 is 2.40 bits per heavy atom. The summed E-state index contributed by atoms with van der Waals surface area (Å²) in [6.45, 7) is 3.23. The van der Waals surface area contributed by atoms with Crippen LogP contribution < -0.4 is 10.6 Å². The third-order valence-corrected chi connectivity index (χ3v) is 10.6. The standard InChI is InChI=1S/C29H45ClN3O8P/c1-5-40-42(38,41-6-2)28(36)24(12-13-26(34)33(3)4)31-27(35)25(17-22-15-19-10-11-21(22)14-19)32-29(37)39-18-20-8-7-9-23(30)16-20/h7-9,16,19,21-22,24-25,28,36H,5-6,10-15,17-18H2,1-4H3,(H,31,35)(H,32,37)/t19?,21?,22?,24-,25?,28?/m0/s1. The monoisotopic (exact) mass is 629 g/mol. The van der Waals surface area contributed by atoms with Gasteiger partial charge in [0.1, 0.15) is 12.6 Å². The Bertz CT molecular complexity index is 1110. The van der Waals surface area contributed by atoms with E-state index in [1.54, 1.807) is 52.2 Å². The molecule has 1 aromatic carbocycles. The molecule has 2 bridgehead atoms. The second-order valence-corrected chi connectivity index (χ2v) is 13.9. The number of halogens is 1. The summed E-state index contributed by atoms with van der Waals surface area (Å²) >= 11 is 6.03. The van der Waals surface area contributed by atoms with Crippen LogP contribution in [-0.2, 0) is 34.5 Å². The van der Waals surface area contributed by atoms with Gasteiger partial charge in [0.15, 0.2) is 5.85 Å². The summed E-state index contributed by atoms with van der Waals surface area (Å²) in [6.07, 6.45) is 3.97. The highest BCUT2D eigenvalue weighted by Crippen LogP contribution is 2.53. The average Bonchev–Trinajstić information content (AvgIpc) is 3.57. The lowest BCUT2D eigenvalue weighted by Crippen LogP contribution is -2.53. The fraction of sp³-hybridized carbons (Fsp3) is 0.690. The minimum atomic E-state index is -4.06. The number of hydrogen-bond donors (Lipinski definition) is 3. The van der Waals surface area contributed by atoms with Crippen LogP contribution in [0.15, 0.2) is 24.3 Å². The average molecular weight is 630 g/mol. The zero-order valence-electron chi connectivity index (χ0n) is 24.9. The van der Waals surface area contributed by atoms with Crippen molar-refractivity contribution < 1.29 is 37.8 Å². The first-order chi connectivity index (χ1) is 19.9. The van der Waals surface area contributed by atoms with Gasteiger partial charge in [0.25, 0.3) is 0 Å². The van der Waals surface area contributed by atoms with Gasteiger partial charge < -0.3 is 34.4 Å². The number of fused-ring (bicyclic) bond motifs is 2. The molecule has 0 aromatic heterocycles. The number of amides is 3. The molecular formula is C29H45ClN3O8P. The van der Waals surface area contributed by atoms with E-state index in [2.05, 4.69) is 10.6 Å². The molecule has 3 N–H and O–H groups in total. The Morgan fingerprint density at radius 1 is 1.12 bits per heavy atom. The van der Waals surface area contributed by atoms with Gasteiger partial charge in [0.05, 0.1) is 19.3 Å². The van der Waals surface area contributed by atoms with E-state index in [0.717, 1.165) is 19.3 Å². The molecule has 2 saturated carbocycles. The SMILES string of the molecule is CCOP(=O)(OCC)C(O)[C@H](CCC(=O)N(C)C)NC(=O)C(CC1CC2CCC1C2)NC(=O)OCc1cccc(Cl)c1. The van der Waals surface area contributed by atoms with E-state index in [9.17, 15) is 24.1 Å². The Labute approximate surface area is 253 Å². The molecule has 2 aliphatic carbocycles. The van der Waals surface area contributed by atoms with Crippen LogP contribution in [0.3, 0.4) is 0 Å². The maximum Gasteiger partial charge on any atom is 0.408 e. The van der Waals surface area contributed by atoms with Gasteiger partial charge in [-0.1, -0.05) is 30.2 Å². The van der Waals surface area contributed by atoms with Crippen LogP contribution in [0.2, 0.25) is 5.02 Å². The summed E-state index contributed by atoms with van der Waals surface area (Å²) in [5.41, 5.74) is 0.697. The molecule has 0 heterocycles. The number of aliphatic hydroxyl groups excluding tert-OH is 1. The molecule has 42 heavy (non-hydrogen) atoms. The summed E-state index contributed by atoms with van der Waals surface area (Å²) in [6, 6.07) is 4.81. The summed E-state index contributed by atoms with van der Waals surface area (Å²) < 4.78 is 29.5. The van der Waals surface area contributed by atoms with E-state index in [1.165, 1.54) is 11.3 Å². The number of hydrogen-bond acceptors (Lipinski definition) is 8. The van der Waals surface area contributed by atoms with Crippen molar-refractivity contribution >= 4 is 37.1 Å². The van der Waals surface area contributed by atoms with E-state index in [0.29, 0.717) is 28.8 Å². The topological polar surface area (TPSA) is 144 Å². The van der Waals surface area contributed by atoms with E-state index in [4.69, 9.17) is 25.4 Å². The summed E-state index contributed by atoms with van der Waals surface area (Å²) in [5, 5.41) is 17.2. The number of aliphatic hydroxyl groups is 1. The summed E-state index contributed by atoms with van der Waals surface area (Å²) in [5.74, 6) is -1.15. The smallest absolute Gasteiger partial charge is 0.408 e. The quantitative estimate of drug-likeness (QED) is 0.223. The van der Waals surface area contributed by atoms with Crippen LogP contribution in [-0.4, -0.2) is 73.2 Å². The fourth-order valence-electron chi connectivity index (χ4n) is 6.01. The van der Waals surface area contributed by atoms with Gasteiger partial charge >= 0.3 is 13.7 Å². The highest BCUT2D eigenvalue weighted by Gasteiger charge is 2.44. The van der Waals surface area contributed by atoms with Gasteiger partial charge in [-0.15, -0.1) is 0 Å². The maximum atomic E-state index is 13.8. The number of nitrogens with zero attached hydrogens (tertiary/aromatic N) is 1. The van der Waals surface area contributed by atoms with Crippen molar-refractivity contribution in [2.45, 2.75) is 83.3 Å². The first-order valence-corrected chi connectivity index (χ1v) is 16.7. The molecule has 0 saturated heterocycles. The molecule has 11 nitrogen and oxygen atoms in total. The van der Waals surface area contributed by atoms with E-state index >= 15 is 0 Å². The number of benzene rings is 1. The van der Waals surface area contributed by atoms with Gasteiger partial charge in [0.2, 0.25) is 11.8 Å². The van der Waals surface area contributed by atoms with Crippen molar-refractivity contribution in [1.82, 2.24) is 15.5 Å². The number of nitrogens with one attached hydrogen (secondary N) is 2.